The summed E-state index contributed by atoms with van der Waals surface area (Å²) in [6.07, 6.45) is 7.17. The quantitative estimate of drug-likeness (QED) is 0.767. The van der Waals surface area contributed by atoms with Crippen molar-refractivity contribution in [3.05, 3.63) is 42.1 Å². The van der Waals surface area contributed by atoms with Crippen LogP contribution in [0, 0.1) is 0 Å². The summed E-state index contributed by atoms with van der Waals surface area (Å²) in [6.45, 7) is 2.41. The predicted molar refractivity (Wildman–Crippen MR) is 71.6 cm³/mol. The van der Waals surface area contributed by atoms with Gasteiger partial charge in [-0.15, -0.1) is 0 Å². The van der Waals surface area contributed by atoms with E-state index in [0.717, 1.165) is 31.4 Å². The Morgan fingerprint density at radius 3 is 2.83 bits per heavy atom. The maximum atomic E-state index is 11.1. The summed E-state index contributed by atoms with van der Waals surface area (Å²) in [5, 5.41) is 0. The summed E-state index contributed by atoms with van der Waals surface area (Å²) in [5.41, 5.74) is 1.16. The van der Waals surface area contributed by atoms with Crippen molar-refractivity contribution in [2.45, 2.75) is 32.4 Å². The first-order valence-corrected chi connectivity index (χ1v) is 6.42. The van der Waals surface area contributed by atoms with Gasteiger partial charge in [0.05, 0.1) is 0 Å². The normalized spacial score (nSPS) is 20.1. The van der Waals surface area contributed by atoms with Crippen LogP contribution in [0.5, 0.6) is 0 Å². The van der Waals surface area contributed by atoms with Crippen LogP contribution in [-0.4, -0.2) is 23.6 Å². The third-order valence-electron chi connectivity index (χ3n) is 3.05. The smallest absolute Gasteiger partial charge is 0.304 e. The molecule has 1 unspecified atom stereocenters. The number of benzene rings is 1. The molecular formula is C15H19NO2. The largest absolute Gasteiger partial charge is 0.442 e. The Bertz CT molecular complexity index is 414. The third-order valence-corrected chi connectivity index (χ3v) is 3.05. The second-order valence-corrected chi connectivity index (χ2v) is 4.52. The van der Waals surface area contributed by atoms with Crippen molar-refractivity contribution in [1.29, 1.82) is 0 Å². The van der Waals surface area contributed by atoms with E-state index in [4.69, 9.17) is 4.74 Å². The molecule has 0 amide bonds. The van der Waals surface area contributed by atoms with Gasteiger partial charge in [0.1, 0.15) is 0 Å². The number of hydrogen-bond acceptors (Lipinski definition) is 3. The van der Waals surface area contributed by atoms with Crippen LogP contribution in [-0.2, 0) is 9.53 Å². The first-order chi connectivity index (χ1) is 8.75. The van der Waals surface area contributed by atoms with Crippen molar-refractivity contribution in [1.82, 2.24) is 4.90 Å². The van der Waals surface area contributed by atoms with Crippen LogP contribution in [0.2, 0.25) is 0 Å². The SMILES string of the molecule is CC(=O)OC1CCCCN1C=Cc1ccccc1. The fraction of sp³-hybridized carbons (Fsp3) is 0.400. The zero-order valence-electron chi connectivity index (χ0n) is 10.7. The van der Waals surface area contributed by atoms with Gasteiger partial charge in [0.25, 0.3) is 0 Å². The number of piperidine rings is 1. The average Bonchev–Trinajstić information content (AvgIpc) is 2.38. The Balaban J connectivity index is 2.01. The molecule has 1 aromatic carbocycles. The highest BCUT2D eigenvalue weighted by molar-refractivity contribution is 5.66. The molecule has 1 aliphatic heterocycles. The Kier molecular flexibility index (Phi) is 4.40. The summed E-state index contributed by atoms with van der Waals surface area (Å²) in [5.74, 6) is -0.208. The van der Waals surface area contributed by atoms with Crippen LogP contribution in [0.1, 0.15) is 31.7 Å². The Morgan fingerprint density at radius 2 is 2.11 bits per heavy atom. The van der Waals surface area contributed by atoms with Gasteiger partial charge < -0.3 is 9.64 Å². The fourth-order valence-corrected chi connectivity index (χ4v) is 2.16. The molecule has 3 nitrogen and oxygen atoms in total. The fourth-order valence-electron chi connectivity index (χ4n) is 2.16. The highest BCUT2D eigenvalue weighted by atomic mass is 16.6. The van der Waals surface area contributed by atoms with E-state index in [2.05, 4.69) is 23.1 Å². The number of carbonyl (C=O) groups excluding carboxylic acids is 1. The van der Waals surface area contributed by atoms with Crippen LogP contribution < -0.4 is 0 Å². The highest BCUT2D eigenvalue weighted by Gasteiger charge is 2.21. The molecular weight excluding hydrogens is 226 g/mol. The molecule has 1 heterocycles. The van der Waals surface area contributed by atoms with Gasteiger partial charge in [-0.2, -0.15) is 0 Å². The van der Waals surface area contributed by atoms with E-state index >= 15 is 0 Å². The van der Waals surface area contributed by atoms with E-state index in [9.17, 15) is 4.79 Å². The molecule has 0 aliphatic carbocycles. The molecule has 1 aromatic rings. The molecule has 2 rings (SSSR count). The minimum atomic E-state index is -0.208. The average molecular weight is 245 g/mol. The molecule has 0 spiro atoms. The van der Waals surface area contributed by atoms with Crippen LogP contribution in [0.25, 0.3) is 6.08 Å². The van der Waals surface area contributed by atoms with E-state index in [1.807, 2.05) is 24.4 Å². The first-order valence-electron chi connectivity index (χ1n) is 6.42. The number of hydrogen-bond donors (Lipinski definition) is 0. The van der Waals surface area contributed by atoms with Crippen LogP contribution in [0.15, 0.2) is 36.5 Å². The number of rotatable bonds is 3. The molecule has 96 valence electrons. The molecule has 0 aromatic heterocycles. The molecule has 1 saturated heterocycles. The molecule has 0 bridgehead atoms. The maximum Gasteiger partial charge on any atom is 0.304 e. The lowest BCUT2D eigenvalue weighted by atomic mass is 10.1. The molecule has 0 radical (unpaired) electrons. The number of nitrogens with zero attached hydrogens (tertiary/aromatic N) is 1. The van der Waals surface area contributed by atoms with Crippen LogP contribution in [0.3, 0.4) is 0 Å². The highest BCUT2D eigenvalue weighted by Crippen LogP contribution is 2.19. The maximum absolute atomic E-state index is 11.1. The van der Waals surface area contributed by atoms with Crippen molar-refractivity contribution < 1.29 is 9.53 Å². The Hall–Kier alpha value is -1.77. The molecule has 1 fully saturated rings. The van der Waals surface area contributed by atoms with Gasteiger partial charge in [-0.1, -0.05) is 30.3 Å². The van der Waals surface area contributed by atoms with Crippen LogP contribution >= 0.6 is 0 Å². The summed E-state index contributed by atoms with van der Waals surface area (Å²) >= 11 is 0. The van der Waals surface area contributed by atoms with E-state index < -0.39 is 0 Å². The van der Waals surface area contributed by atoms with Gasteiger partial charge in [-0.3, -0.25) is 4.79 Å². The van der Waals surface area contributed by atoms with Gasteiger partial charge >= 0.3 is 5.97 Å². The Labute approximate surface area is 108 Å². The lowest BCUT2D eigenvalue weighted by molar-refractivity contribution is -0.156. The van der Waals surface area contributed by atoms with Crippen molar-refractivity contribution >= 4 is 12.0 Å². The number of carbonyl (C=O) groups is 1. The van der Waals surface area contributed by atoms with E-state index in [-0.39, 0.29) is 12.2 Å². The summed E-state index contributed by atoms with van der Waals surface area (Å²) in [6, 6.07) is 10.1. The second-order valence-electron chi connectivity index (χ2n) is 4.52. The van der Waals surface area contributed by atoms with Gasteiger partial charge in [0.2, 0.25) is 0 Å². The van der Waals surface area contributed by atoms with Gasteiger partial charge in [-0.25, -0.2) is 0 Å². The van der Waals surface area contributed by atoms with Crippen molar-refractivity contribution in [2.24, 2.45) is 0 Å². The minimum Gasteiger partial charge on any atom is -0.442 e. The lowest BCUT2D eigenvalue weighted by Crippen LogP contribution is -2.38. The number of likely N-dealkylation sites (tertiary alicyclic amines) is 1. The van der Waals surface area contributed by atoms with Gasteiger partial charge in [0, 0.05) is 26.1 Å². The lowest BCUT2D eigenvalue weighted by Gasteiger charge is -2.33. The van der Waals surface area contributed by atoms with Gasteiger partial charge in [-0.05, 0) is 24.5 Å². The molecule has 0 N–H and O–H groups in total. The van der Waals surface area contributed by atoms with Crippen molar-refractivity contribution in [3.63, 3.8) is 0 Å². The zero-order chi connectivity index (χ0) is 12.8. The topological polar surface area (TPSA) is 29.5 Å². The Morgan fingerprint density at radius 1 is 1.33 bits per heavy atom. The number of esters is 1. The minimum absolute atomic E-state index is 0.101. The monoisotopic (exact) mass is 245 g/mol. The molecule has 1 atom stereocenters. The van der Waals surface area contributed by atoms with Gasteiger partial charge in [0.15, 0.2) is 6.23 Å². The molecule has 3 heteroatoms. The standard InChI is InChI=1S/C15H19NO2/c1-13(17)18-15-9-5-6-11-16(15)12-10-14-7-3-2-4-8-14/h2-4,7-8,10,12,15H,5-6,9,11H2,1H3. The molecule has 18 heavy (non-hydrogen) atoms. The van der Waals surface area contributed by atoms with E-state index in [1.54, 1.807) is 0 Å². The van der Waals surface area contributed by atoms with E-state index in [1.165, 1.54) is 6.92 Å². The second kappa shape index (κ2) is 6.24. The van der Waals surface area contributed by atoms with E-state index in [0.29, 0.717) is 0 Å². The number of ether oxygens (including phenoxy) is 1. The summed E-state index contributed by atoms with van der Waals surface area (Å²) in [4.78, 5) is 13.2. The summed E-state index contributed by atoms with van der Waals surface area (Å²) in [7, 11) is 0. The molecule has 0 saturated carbocycles. The van der Waals surface area contributed by atoms with Crippen LogP contribution in [0.4, 0.5) is 0 Å². The van der Waals surface area contributed by atoms with Crippen molar-refractivity contribution in [3.8, 4) is 0 Å². The first kappa shape index (κ1) is 12.7. The third kappa shape index (κ3) is 3.62. The zero-order valence-corrected chi connectivity index (χ0v) is 10.7. The van der Waals surface area contributed by atoms with Crippen molar-refractivity contribution in [2.75, 3.05) is 6.54 Å². The molecule has 1 aliphatic rings. The summed E-state index contributed by atoms with van der Waals surface area (Å²) < 4.78 is 5.33. The predicted octanol–water partition coefficient (Wildman–Crippen LogP) is 3.03.